The predicted octanol–water partition coefficient (Wildman–Crippen LogP) is 5.48. The molecule has 0 bridgehead atoms. The number of amides is 1. The average Bonchev–Trinajstić information content (AvgIpc) is 2.74. The number of aryl methyl sites for hydroxylation is 1. The van der Waals surface area contributed by atoms with Crippen LogP contribution in [0.15, 0.2) is 82.2 Å². The summed E-state index contributed by atoms with van der Waals surface area (Å²) in [4.78, 5) is 12.9. The van der Waals surface area contributed by atoms with Crippen molar-refractivity contribution in [2.45, 2.75) is 31.3 Å². The normalized spacial score (nSPS) is 12.5. The molecule has 0 spiro atoms. The van der Waals surface area contributed by atoms with Crippen LogP contribution in [0.3, 0.4) is 0 Å². The number of hydrogen-bond acceptors (Lipinski definition) is 3. The topological polar surface area (TPSA) is 66.5 Å². The summed E-state index contributed by atoms with van der Waals surface area (Å²) in [6.07, 6.45) is 0. The molecule has 5 nitrogen and oxygen atoms in total. The summed E-state index contributed by atoms with van der Waals surface area (Å²) in [5, 5.41) is 3.33. The molecule has 168 valence electrons. The number of carbonyl (C=O) groups excluding carboxylic acids is 1. The molecule has 0 aliphatic carbocycles. The lowest BCUT2D eigenvalue weighted by molar-refractivity contribution is -0.122. The van der Waals surface area contributed by atoms with Gasteiger partial charge in [0.25, 0.3) is 0 Å². The second-order valence-corrected chi connectivity index (χ2v) is 10.8. The van der Waals surface area contributed by atoms with Gasteiger partial charge in [-0.1, -0.05) is 69.5 Å². The molecule has 0 radical (unpaired) electrons. The Morgan fingerprint density at radius 3 is 2.34 bits per heavy atom. The summed E-state index contributed by atoms with van der Waals surface area (Å²) in [7, 11) is -3.92. The molecule has 0 fully saturated rings. The molecular formula is C24H24BrClN2O3S. The van der Waals surface area contributed by atoms with Gasteiger partial charge in [-0.15, -0.1) is 0 Å². The van der Waals surface area contributed by atoms with E-state index in [2.05, 4.69) is 21.2 Å². The molecule has 0 aliphatic rings. The number of halogens is 2. The first kappa shape index (κ1) is 24.5. The Balaban J connectivity index is 1.83. The van der Waals surface area contributed by atoms with Crippen molar-refractivity contribution in [1.82, 2.24) is 9.62 Å². The van der Waals surface area contributed by atoms with E-state index in [9.17, 15) is 13.2 Å². The van der Waals surface area contributed by atoms with Crippen LogP contribution in [0.2, 0.25) is 5.02 Å². The molecule has 1 amide bonds. The zero-order chi connectivity index (χ0) is 23.3. The van der Waals surface area contributed by atoms with Gasteiger partial charge >= 0.3 is 0 Å². The van der Waals surface area contributed by atoms with E-state index in [0.717, 1.165) is 21.2 Å². The smallest absolute Gasteiger partial charge is 0.243 e. The van der Waals surface area contributed by atoms with E-state index in [4.69, 9.17) is 11.6 Å². The lowest BCUT2D eigenvalue weighted by atomic mass is 10.1. The number of nitrogens with one attached hydrogen (secondary N) is 1. The number of nitrogens with zero attached hydrogens (tertiary/aromatic N) is 1. The van der Waals surface area contributed by atoms with E-state index in [1.807, 2.05) is 62.4 Å². The van der Waals surface area contributed by atoms with Crippen molar-refractivity contribution >= 4 is 43.5 Å². The maximum atomic E-state index is 13.4. The SMILES string of the molecule is Cc1cccc(CN(CC(=O)N[C@H](C)c2ccc(Br)cc2)S(=O)(=O)c2ccc(Cl)cc2)c1. The summed E-state index contributed by atoms with van der Waals surface area (Å²) in [5.74, 6) is -0.384. The predicted molar refractivity (Wildman–Crippen MR) is 131 cm³/mol. The van der Waals surface area contributed by atoms with E-state index in [1.165, 1.54) is 28.6 Å². The molecule has 0 heterocycles. The van der Waals surface area contributed by atoms with Gasteiger partial charge in [0.05, 0.1) is 17.5 Å². The van der Waals surface area contributed by atoms with Crippen molar-refractivity contribution in [2.24, 2.45) is 0 Å². The molecule has 0 unspecified atom stereocenters. The van der Waals surface area contributed by atoms with Crippen LogP contribution in [0.4, 0.5) is 0 Å². The standard InChI is InChI=1S/C24H24BrClN2O3S/c1-17-4-3-5-19(14-17)15-28(32(30,31)23-12-10-22(26)11-13-23)16-24(29)27-18(2)20-6-8-21(25)9-7-20/h3-14,18H,15-16H2,1-2H3,(H,27,29)/t18-/m1/s1. The molecule has 1 N–H and O–H groups in total. The van der Waals surface area contributed by atoms with Crippen LogP contribution >= 0.6 is 27.5 Å². The fraction of sp³-hybridized carbons (Fsp3) is 0.208. The number of rotatable bonds is 8. The van der Waals surface area contributed by atoms with Crippen LogP contribution in [0, 0.1) is 6.92 Å². The highest BCUT2D eigenvalue weighted by Gasteiger charge is 2.27. The minimum Gasteiger partial charge on any atom is -0.348 e. The van der Waals surface area contributed by atoms with E-state index in [1.54, 1.807) is 0 Å². The Hall–Kier alpha value is -2.19. The third-order valence-electron chi connectivity index (χ3n) is 4.96. The minimum absolute atomic E-state index is 0.0761. The van der Waals surface area contributed by atoms with Gasteiger partial charge in [0.1, 0.15) is 0 Å². The van der Waals surface area contributed by atoms with Crippen LogP contribution in [0.1, 0.15) is 29.7 Å². The molecule has 32 heavy (non-hydrogen) atoms. The minimum atomic E-state index is -3.92. The van der Waals surface area contributed by atoms with E-state index in [0.29, 0.717) is 5.02 Å². The first-order valence-electron chi connectivity index (χ1n) is 10.0. The van der Waals surface area contributed by atoms with Crippen molar-refractivity contribution in [3.05, 3.63) is 99.0 Å². The van der Waals surface area contributed by atoms with E-state index < -0.39 is 10.0 Å². The van der Waals surface area contributed by atoms with Crippen LogP contribution in [-0.2, 0) is 21.4 Å². The van der Waals surface area contributed by atoms with E-state index >= 15 is 0 Å². The number of sulfonamides is 1. The first-order chi connectivity index (χ1) is 15.1. The van der Waals surface area contributed by atoms with Gasteiger partial charge in [-0.2, -0.15) is 4.31 Å². The van der Waals surface area contributed by atoms with Crippen LogP contribution < -0.4 is 5.32 Å². The van der Waals surface area contributed by atoms with Crippen molar-refractivity contribution in [3.63, 3.8) is 0 Å². The molecule has 3 aromatic carbocycles. The Morgan fingerprint density at radius 2 is 1.72 bits per heavy atom. The Bertz CT molecular complexity index is 1180. The fourth-order valence-corrected chi connectivity index (χ4v) is 5.05. The molecule has 0 saturated heterocycles. The quantitative estimate of drug-likeness (QED) is 0.415. The Labute approximate surface area is 202 Å². The zero-order valence-electron chi connectivity index (χ0n) is 17.8. The van der Waals surface area contributed by atoms with Crippen LogP contribution in [-0.4, -0.2) is 25.2 Å². The second kappa shape index (κ2) is 10.6. The summed E-state index contributed by atoms with van der Waals surface area (Å²) >= 11 is 9.32. The zero-order valence-corrected chi connectivity index (χ0v) is 20.9. The molecular weight excluding hydrogens is 512 g/mol. The van der Waals surface area contributed by atoms with Gasteiger partial charge in [-0.25, -0.2) is 8.42 Å². The molecule has 3 aromatic rings. The fourth-order valence-electron chi connectivity index (χ4n) is 3.28. The summed E-state index contributed by atoms with van der Waals surface area (Å²) in [6, 6.07) is 20.8. The van der Waals surface area contributed by atoms with Gasteiger partial charge < -0.3 is 5.32 Å². The second-order valence-electron chi connectivity index (χ2n) is 7.56. The highest BCUT2D eigenvalue weighted by atomic mass is 79.9. The lowest BCUT2D eigenvalue weighted by Gasteiger charge is -2.23. The van der Waals surface area contributed by atoms with Crippen molar-refractivity contribution in [1.29, 1.82) is 0 Å². The number of carbonyl (C=O) groups is 1. The van der Waals surface area contributed by atoms with Crippen LogP contribution in [0.25, 0.3) is 0 Å². The maximum absolute atomic E-state index is 13.4. The maximum Gasteiger partial charge on any atom is 0.243 e. The third kappa shape index (κ3) is 6.42. The highest BCUT2D eigenvalue weighted by molar-refractivity contribution is 9.10. The van der Waals surface area contributed by atoms with Gasteiger partial charge in [-0.05, 0) is 61.4 Å². The van der Waals surface area contributed by atoms with Crippen molar-refractivity contribution in [3.8, 4) is 0 Å². The molecule has 0 aromatic heterocycles. The highest BCUT2D eigenvalue weighted by Crippen LogP contribution is 2.21. The van der Waals surface area contributed by atoms with Crippen LogP contribution in [0.5, 0.6) is 0 Å². The van der Waals surface area contributed by atoms with E-state index in [-0.39, 0.29) is 29.9 Å². The molecule has 1 atom stereocenters. The summed E-state index contributed by atoms with van der Waals surface area (Å²) in [5.41, 5.74) is 2.74. The van der Waals surface area contributed by atoms with Gasteiger partial charge in [0.15, 0.2) is 0 Å². The molecule has 8 heteroatoms. The molecule has 0 saturated carbocycles. The van der Waals surface area contributed by atoms with Crippen molar-refractivity contribution in [2.75, 3.05) is 6.54 Å². The van der Waals surface area contributed by atoms with Gasteiger partial charge in [-0.3, -0.25) is 4.79 Å². The average molecular weight is 536 g/mol. The lowest BCUT2D eigenvalue weighted by Crippen LogP contribution is -2.41. The molecule has 3 rings (SSSR count). The summed E-state index contributed by atoms with van der Waals surface area (Å²) < 4.78 is 28.9. The van der Waals surface area contributed by atoms with Gasteiger partial charge in [0, 0.05) is 16.0 Å². The number of hydrogen-bond donors (Lipinski definition) is 1. The van der Waals surface area contributed by atoms with Gasteiger partial charge in [0.2, 0.25) is 15.9 Å². The third-order valence-corrected chi connectivity index (χ3v) is 7.55. The largest absolute Gasteiger partial charge is 0.348 e. The Kier molecular flexibility index (Phi) is 8.11. The summed E-state index contributed by atoms with van der Waals surface area (Å²) in [6.45, 7) is 3.57. The Morgan fingerprint density at radius 1 is 1.06 bits per heavy atom. The number of benzene rings is 3. The first-order valence-corrected chi connectivity index (χ1v) is 12.6. The monoisotopic (exact) mass is 534 g/mol. The molecule has 0 aliphatic heterocycles. The van der Waals surface area contributed by atoms with Crippen molar-refractivity contribution < 1.29 is 13.2 Å².